The van der Waals surface area contributed by atoms with Crippen LogP contribution in [0.5, 0.6) is 0 Å². The number of benzene rings is 2. The summed E-state index contributed by atoms with van der Waals surface area (Å²) in [6, 6.07) is 12.9. The largest absolute Gasteiger partial charge is 0.416 e. The lowest BCUT2D eigenvalue weighted by Gasteiger charge is -2.32. The Balaban J connectivity index is 1.24. The Hall–Kier alpha value is -2.42. The maximum atomic E-state index is 12.7. The third-order valence-corrected chi connectivity index (χ3v) is 6.82. The molecule has 2 aromatic carbocycles. The number of carbonyl (C=O) groups is 1. The number of piperidine rings is 1. The van der Waals surface area contributed by atoms with Crippen LogP contribution in [-0.4, -0.2) is 34.9 Å². The van der Waals surface area contributed by atoms with Gasteiger partial charge in [-0.15, -0.1) is 11.3 Å². The van der Waals surface area contributed by atoms with Gasteiger partial charge in [0.15, 0.2) is 0 Å². The van der Waals surface area contributed by atoms with Crippen LogP contribution in [0.15, 0.2) is 53.9 Å². The van der Waals surface area contributed by atoms with E-state index in [1.165, 1.54) is 29.0 Å². The fourth-order valence-electron chi connectivity index (χ4n) is 3.85. The van der Waals surface area contributed by atoms with Crippen LogP contribution in [0.25, 0.3) is 10.6 Å². The van der Waals surface area contributed by atoms with Crippen LogP contribution in [0.3, 0.4) is 0 Å². The molecule has 1 saturated heterocycles. The number of carbonyl (C=O) groups excluding carboxylic acids is 1. The predicted molar refractivity (Wildman–Crippen MR) is 124 cm³/mol. The zero-order chi connectivity index (χ0) is 23.4. The number of rotatable bonds is 6. The summed E-state index contributed by atoms with van der Waals surface area (Å²) in [4.78, 5) is 19.3. The van der Waals surface area contributed by atoms with Gasteiger partial charge in [0.1, 0.15) is 5.01 Å². The Morgan fingerprint density at radius 2 is 1.76 bits per heavy atom. The van der Waals surface area contributed by atoms with Gasteiger partial charge < -0.3 is 5.32 Å². The van der Waals surface area contributed by atoms with Crippen molar-refractivity contribution in [2.24, 2.45) is 0 Å². The molecule has 3 aromatic rings. The van der Waals surface area contributed by atoms with Crippen molar-refractivity contribution in [2.75, 3.05) is 13.1 Å². The lowest BCUT2D eigenvalue weighted by atomic mass is 10.0. The Morgan fingerprint density at radius 1 is 1.09 bits per heavy atom. The van der Waals surface area contributed by atoms with E-state index in [4.69, 9.17) is 11.6 Å². The molecule has 0 radical (unpaired) electrons. The predicted octanol–water partition coefficient (Wildman–Crippen LogP) is 5.81. The molecule has 1 aliphatic rings. The normalized spacial score (nSPS) is 15.5. The van der Waals surface area contributed by atoms with Crippen LogP contribution >= 0.6 is 22.9 Å². The summed E-state index contributed by atoms with van der Waals surface area (Å²) in [6.45, 7) is 2.67. The van der Waals surface area contributed by atoms with E-state index in [0.29, 0.717) is 16.3 Å². The van der Waals surface area contributed by atoms with E-state index in [1.54, 1.807) is 5.38 Å². The minimum Gasteiger partial charge on any atom is -0.353 e. The van der Waals surface area contributed by atoms with Crippen LogP contribution in [0, 0.1) is 0 Å². The average molecular weight is 494 g/mol. The molecule has 1 aliphatic heterocycles. The molecule has 2 heterocycles. The Morgan fingerprint density at radius 3 is 2.39 bits per heavy atom. The van der Waals surface area contributed by atoms with Crippen molar-refractivity contribution in [3.63, 3.8) is 0 Å². The summed E-state index contributed by atoms with van der Waals surface area (Å²) in [5.41, 5.74) is 1.75. The Bertz CT molecular complexity index is 1080. The molecule has 0 bridgehead atoms. The fourth-order valence-corrected chi connectivity index (χ4v) is 4.80. The highest BCUT2D eigenvalue weighted by Gasteiger charge is 2.30. The van der Waals surface area contributed by atoms with Gasteiger partial charge in [-0.2, -0.15) is 13.2 Å². The maximum Gasteiger partial charge on any atom is 0.416 e. The molecule has 4 nitrogen and oxygen atoms in total. The van der Waals surface area contributed by atoms with E-state index in [1.807, 2.05) is 24.3 Å². The molecule has 0 saturated carbocycles. The Labute approximate surface area is 199 Å². The number of hydrogen-bond acceptors (Lipinski definition) is 4. The van der Waals surface area contributed by atoms with E-state index >= 15 is 0 Å². The van der Waals surface area contributed by atoms with E-state index in [0.717, 1.165) is 49.6 Å². The van der Waals surface area contributed by atoms with Crippen LogP contribution < -0.4 is 5.32 Å². The van der Waals surface area contributed by atoms with Crippen LogP contribution in [0.1, 0.15) is 29.7 Å². The SMILES string of the molecule is O=C(Cc1csc(-c2ccc(C(F)(F)F)cc2)n1)NC1CCN(Cc2ccc(Cl)cc2)CC1. The number of alkyl halides is 3. The second-order valence-corrected chi connectivity index (χ2v) is 9.43. The van der Waals surface area contributed by atoms with Crippen LogP contribution in [-0.2, 0) is 23.9 Å². The van der Waals surface area contributed by atoms with Crippen LogP contribution in [0.2, 0.25) is 5.02 Å². The first-order valence-electron chi connectivity index (χ1n) is 10.6. The van der Waals surface area contributed by atoms with Crippen molar-refractivity contribution in [3.05, 3.63) is 75.8 Å². The van der Waals surface area contributed by atoms with Crippen molar-refractivity contribution < 1.29 is 18.0 Å². The molecule has 1 fully saturated rings. The molecule has 0 aliphatic carbocycles. The molecule has 0 spiro atoms. The molecule has 174 valence electrons. The number of likely N-dealkylation sites (tertiary alicyclic amines) is 1. The third-order valence-electron chi connectivity index (χ3n) is 5.62. The zero-order valence-corrected chi connectivity index (χ0v) is 19.3. The highest BCUT2D eigenvalue weighted by molar-refractivity contribution is 7.13. The first-order chi connectivity index (χ1) is 15.8. The van der Waals surface area contributed by atoms with Gasteiger partial charge in [0, 0.05) is 41.6 Å². The van der Waals surface area contributed by atoms with Gasteiger partial charge in [-0.3, -0.25) is 9.69 Å². The molecular formula is C24H23ClF3N3OS. The van der Waals surface area contributed by atoms with Crippen molar-refractivity contribution >= 4 is 28.8 Å². The highest BCUT2D eigenvalue weighted by atomic mass is 35.5. The first-order valence-corrected chi connectivity index (χ1v) is 11.9. The Kier molecular flexibility index (Phi) is 7.36. The zero-order valence-electron chi connectivity index (χ0n) is 17.7. The molecule has 1 aromatic heterocycles. The number of amides is 1. The first kappa shape index (κ1) is 23.7. The summed E-state index contributed by atoms with van der Waals surface area (Å²) in [7, 11) is 0. The average Bonchev–Trinajstić information content (AvgIpc) is 3.24. The number of halogens is 4. The standard InChI is InChI=1S/C24H23ClF3N3OS/c25-19-7-1-16(2-8-19)14-31-11-9-20(10-12-31)29-22(32)13-21-15-33-23(30-21)17-3-5-18(6-4-17)24(26,27)28/h1-8,15,20H,9-14H2,(H,29,32). The van der Waals surface area contributed by atoms with Gasteiger partial charge >= 0.3 is 6.18 Å². The van der Waals surface area contributed by atoms with Gasteiger partial charge in [-0.1, -0.05) is 35.9 Å². The molecule has 1 N–H and O–H groups in total. The van der Waals surface area contributed by atoms with E-state index in [9.17, 15) is 18.0 Å². The highest BCUT2D eigenvalue weighted by Crippen LogP contribution is 2.31. The van der Waals surface area contributed by atoms with Gasteiger partial charge in [0.25, 0.3) is 0 Å². The monoisotopic (exact) mass is 493 g/mol. The van der Waals surface area contributed by atoms with Crippen LogP contribution in [0.4, 0.5) is 13.2 Å². The molecule has 4 rings (SSSR count). The van der Waals surface area contributed by atoms with E-state index in [2.05, 4.69) is 15.2 Å². The molecule has 1 amide bonds. The summed E-state index contributed by atoms with van der Waals surface area (Å²) in [6.07, 6.45) is -2.45. The molecular weight excluding hydrogens is 471 g/mol. The maximum absolute atomic E-state index is 12.7. The van der Waals surface area contributed by atoms with E-state index < -0.39 is 11.7 Å². The van der Waals surface area contributed by atoms with Gasteiger partial charge in [0.2, 0.25) is 5.91 Å². The number of thiazole rings is 1. The van der Waals surface area contributed by atoms with Gasteiger partial charge in [-0.05, 0) is 42.7 Å². The van der Waals surface area contributed by atoms with Crippen molar-refractivity contribution in [1.29, 1.82) is 0 Å². The molecule has 33 heavy (non-hydrogen) atoms. The topological polar surface area (TPSA) is 45.2 Å². The van der Waals surface area contributed by atoms with Gasteiger partial charge in [0.05, 0.1) is 17.7 Å². The third kappa shape index (κ3) is 6.56. The number of hydrogen-bond donors (Lipinski definition) is 1. The van der Waals surface area contributed by atoms with E-state index in [-0.39, 0.29) is 18.4 Å². The quantitative estimate of drug-likeness (QED) is 0.471. The smallest absolute Gasteiger partial charge is 0.353 e. The van der Waals surface area contributed by atoms with Crippen molar-refractivity contribution in [3.8, 4) is 10.6 Å². The fraction of sp³-hybridized carbons (Fsp3) is 0.333. The second kappa shape index (κ2) is 10.2. The van der Waals surface area contributed by atoms with Gasteiger partial charge in [-0.25, -0.2) is 4.98 Å². The number of nitrogens with one attached hydrogen (secondary N) is 1. The summed E-state index contributed by atoms with van der Waals surface area (Å²) < 4.78 is 38.2. The lowest BCUT2D eigenvalue weighted by Crippen LogP contribution is -2.44. The molecule has 0 atom stereocenters. The summed E-state index contributed by atoms with van der Waals surface area (Å²) >= 11 is 7.26. The summed E-state index contributed by atoms with van der Waals surface area (Å²) in [5.74, 6) is -0.0876. The minimum atomic E-state index is -4.36. The minimum absolute atomic E-state index is 0.0876. The van der Waals surface area contributed by atoms with Crippen molar-refractivity contribution in [1.82, 2.24) is 15.2 Å². The van der Waals surface area contributed by atoms with Crippen molar-refractivity contribution in [2.45, 2.75) is 38.0 Å². The molecule has 9 heteroatoms. The number of aromatic nitrogens is 1. The second-order valence-electron chi connectivity index (χ2n) is 8.14. The lowest BCUT2D eigenvalue weighted by molar-refractivity contribution is -0.137. The number of nitrogens with zero attached hydrogens (tertiary/aromatic N) is 2. The summed E-state index contributed by atoms with van der Waals surface area (Å²) in [5, 5.41) is 6.20. The molecule has 0 unspecified atom stereocenters.